The summed E-state index contributed by atoms with van der Waals surface area (Å²) in [6, 6.07) is 17.1. The Balaban J connectivity index is 1.53. The van der Waals surface area contributed by atoms with E-state index in [1.165, 1.54) is 5.56 Å². The Kier molecular flexibility index (Phi) is 7.08. The van der Waals surface area contributed by atoms with Crippen LogP contribution in [0.4, 0.5) is 0 Å². The summed E-state index contributed by atoms with van der Waals surface area (Å²) in [4.78, 5) is 2.44. The van der Waals surface area contributed by atoms with Gasteiger partial charge >= 0.3 is 0 Å². The van der Waals surface area contributed by atoms with Crippen LogP contribution in [0.25, 0.3) is 22.0 Å². The number of nitriles is 1. The molecule has 0 bridgehead atoms. The summed E-state index contributed by atoms with van der Waals surface area (Å²) >= 11 is 0. The van der Waals surface area contributed by atoms with E-state index in [-0.39, 0.29) is 0 Å². The highest BCUT2D eigenvalue weighted by Gasteiger charge is 2.21. The Morgan fingerprint density at radius 1 is 1.03 bits per heavy atom. The normalized spacial score (nSPS) is 14.3. The van der Waals surface area contributed by atoms with Gasteiger partial charge in [0.05, 0.1) is 31.6 Å². The fourth-order valence-electron chi connectivity index (χ4n) is 5.22. The Labute approximate surface area is 211 Å². The van der Waals surface area contributed by atoms with Gasteiger partial charge in [0.2, 0.25) is 0 Å². The summed E-state index contributed by atoms with van der Waals surface area (Å²) in [6.45, 7) is 9.10. The first kappa shape index (κ1) is 24.1. The lowest BCUT2D eigenvalue weighted by atomic mass is 10.00. The van der Waals surface area contributed by atoms with Gasteiger partial charge < -0.3 is 18.6 Å². The van der Waals surface area contributed by atoms with Crippen LogP contribution in [0.5, 0.6) is 5.75 Å². The lowest BCUT2D eigenvalue weighted by Gasteiger charge is -2.27. The fraction of sp³-hybridized carbons (Fsp3) is 0.379. The summed E-state index contributed by atoms with van der Waals surface area (Å²) in [5, 5.41) is 15.4. The summed E-state index contributed by atoms with van der Waals surface area (Å²) in [7, 11) is 1.68. The highest BCUT2D eigenvalue weighted by molar-refractivity contribution is 5.92. The van der Waals surface area contributed by atoms with E-state index in [2.05, 4.69) is 51.0 Å². The van der Waals surface area contributed by atoms with E-state index in [1.807, 2.05) is 26.0 Å². The predicted octanol–water partition coefficient (Wildman–Crippen LogP) is 4.91. The number of aryl methyl sites for hydroxylation is 3. The van der Waals surface area contributed by atoms with E-state index < -0.39 is 0 Å². The summed E-state index contributed by atoms with van der Waals surface area (Å²) in [5.74, 6) is 1.64. The smallest absolute Gasteiger partial charge is 0.141 e. The monoisotopic (exact) mass is 484 g/mol. The third kappa shape index (κ3) is 4.75. The molecule has 0 unspecified atom stereocenters. The molecule has 0 radical (unpaired) electrons. The van der Waals surface area contributed by atoms with Crippen molar-refractivity contribution in [2.45, 2.75) is 33.2 Å². The van der Waals surface area contributed by atoms with Gasteiger partial charge in [-0.15, -0.1) is 0 Å². The van der Waals surface area contributed by atoms with Crippen LogP contribution in [-0.2, 0) is 24.1 Å². The largest absolute Gasteiger partial charge is 0.497 e. The second-order valence-corrected chi connectivity index (χ2v) is 9.32. The third-order valence-electron chi connectivity index (χ3n) is 7.16. The summed E-state index contributed by atoms with van der Waals surface area (Å²) in [6.07, 6.45) is 1.64. The average molecular weight is 485 g/mol. The third-order valence-corrected chi connectivity index (χ3v) is 7.16. The van der Waals surface area contributed by atoms with E-state index in [0.717, 1.165) is 103 Å². The van der Waals surface area contributed by atoms with Gasteiger partial charge in [-0.05, 0) is 62.1 Å². The van der Waals surface area contributed by atoms with Gasteiger partial charge in [-0.2, -0.15) is 5.26 Å². The molecule has 3 heterocycles. The van der Waals surface area contributed by atoms with Gasteiger partial charge in [0, 0.05) is 48.3 Å². The van der Waals surface area contributed by atoms with Gasteiger partial charge in [0.25, 0.3) is 0 Å². The van der Waals surface area contributed by atoms with Crippen LogP contribution in [0.1, 0.15) is 28.3 Å². The minimum Gasteiger partial charge on any atom is -0.497 e. The first-order valence-electron chi connectivity index (χ1n) is 12.5. The van der Waals surface area contributed by atoms with Gasteiger partial charge in [0.1, 0.15) is 17.6 Å². The van der Waals surface area contributed by atoms with Crippen molar-refractivity contribution < 1.29 is 14.0 Å². The van der Waals surface area contributed by atoms with Crippen LogP contribution >= 0.6 is 0 Å². The van der Waals surface area contributed by atoms with Crippen molar-refractivity contribution in [1.29, 1.82) is 5.26 Å². The molecule has 1 aliphatic heterocycles. The maximum absolute atomic E-state index is 10.3. The van der Waals surface area contributed by atoms with Crippen molar-refractivity contribution in [3.63, 3.8) is 0 Å². The SMILES string of the molecule is COc1ccc(CCc2c(C#N)c3cc(-c4c(C)noc4C)ccc3n2CCN2CCOCC2)cc1. The number of methoxy groups -OCH3 is 1. The Morgan fingerprint density at radius 2 is 1.81 bits per heavy atom. The number of hydrogen-bond donors (Lipinski definition) is 0. The number of benzene rings is 2. The lowest BCUT2D eigenvalue weighted by Crippen LogP contribution is -2.38. The average Bonchev–Trinajstić information content (AvgIpc) is 3.41. The molecule has 0 amide bonds. The van der Waals surface area contributed by atoms with Crippen molar-refractivity contribution in [1.82, 2.24) is 14.6 Å². The first-order chi connectivity index (χ1) is 17.6. The number of nitrogens with zero attached hydrogens (tertiary/aromatic N) is 4. The quantitative estimate of drug-likeness (QED) is 0.354. The standard InChI is InChI=1S/C29H32N4O3/c1-20-29(21(2)36-31-20)23-7-11-27-25(18-23)26(19-30)28(10-6-22-4-8-24(34-3)9-5-22)33(27)13-12-32-14-16-35-17-15-32/h4-5,7-9,11,18H,6,10,12-17H2,1-3H3. The minimum absolute atomic E-state index is 0.758. The van der Waals surface area contributed by atoms with Crippen molar-refractivity contribution >= 4 is 10.9 Å². The fourth-order valence-corrected chi connectivity index (χ4v) is 5.22. The molecule has 1 fully saturated rings. The van der Waals surface area contributed by atoms with Crippen LogP contribution < -0.4 is 4.74 Å². The molecule has 7 heteroatoms. The maximum atomic E-state index is 10.3. The molecule has 36 heavy (non-hydrogen) atoms. The van der Waals surface area contributed by atoms with Gasteiger partial charge in [-0.3, -0.25) is 4.90 Å². The molecule has 186 valence electrons. The molecular formula is C29H32N4O3. The number of morpholine rings is 1. The number of rotatable bonds is 8. The molecule has 7 nitrogen and oxygen atoms in total. The van der Waals surface area contributed by atoms with Crippen molar-refractivity contribution in [3.8, 4) is 22.9 Å². The van der Waals surface area contributed by atoms with Crippen LogP contribution in [0.15, 0.2) is 47.0 Å². The van der Waals surface area contributed by atoms with Crippen molar-refractivity contribution in [2.75, 3.05) is 40.0 Å². The Hall–Kier alpha value is -3.60. The summed E-state index contributed by atoms with van der Waals surface area (Å²) in [5.41, 5.74) is 7.06. The zero-order valence-electron chi connectivity index (χ0n) is 21.2. The van der Waals surface area contributed by atoms with Crippen molar-refractivity contribution in [3.05, 3.63) is 70.7 Å². The molecule has 1 saturated heterocycles. The van der Waals surface area contributed by atoms with Gasteiger partial charge in [0.15, 0.2) is 0 Å². The molecule has 2 aromatic carbocycles. The number of aromatic nitrogens is 2. The first-order valence-corrected chi connectivity index (χ1v) is 12.5. The Bertz CT molecular complexity index is 1370. The predicted molar refractivity (Wildman–Crippen MR) is 139 cm³/mol. The molecule has 0 saturated carbocycles. The molecule has 1 aliphatic rings. The van der Waals surface area contributed by atoms with E-state index in [9.17, 15) is 5.26 Å². The van der Waals surface area contributed by atoms with E-state index in [1.54, 1.807) is 7.11 Å². The van der Waals surface area contributed by atoms with E-state index in [0.29, 0.717) is 0 Å². The van der Waals surface area contributed by atoms with Crippen LogP contribution in [0, 0.1) is 25.2 Å². The van der Waals surface area contributed by atoms with Crippen molar-refractivity contribution in [2.24, 2.45) is 0 Å². The molecule has 2 aromatic heterocycles. The highest BCUT2D eigenvalue weighted by Crippen LogP contribution is 2.34. The van der Waals surface area contributed by atoms with Crippen LogP contribution in [0.2, 0.25) is 0 Å². The molecule has 4 aromatic rings. The molecule has 0 N–H and O–H groups in total. The van der Waals surface area contributed by atoms with Crippen LogP contribution in [-0.4, -0.2) is 54.6 Å². The minimum atomic E-state index is 0.758. The molecule has 5 rings (SSSR count). The second-order valence-electron chi connectivity index (χ2n) is 9.32. The highest BCUT2D eigenvalue weighted by atomic mass is 16.5. The zero-order valence-corrected chi connectivity index (χ0v) is 21.2. The summed E-state index contributed by atoms with van der Waals surface area (Å²) < 4.78 is 18.6. The topological polar surface area (TPSA) is 76.5 Å². The number of hydrogen-bond acceptors (Lipinski definition) is 6. The van der Waals surface area contributed by atoms with E-state index in [4.69, 9.17) is 14.0 Å². The molecule has 0 atom stereocenters. The number of fused-ring (bicyclic) bond motifs is 1. The van der Waals surface area contributed by atoms with Crippen LogP contribution in [0.3, 0.4) is 0 Å². The molecule has 0 spiro atoms. The van der Waals surface area contributed by atoms with Gasteiger partial charge in [-0.25, -0.2) is 0 Å². The maximum Gasteiger partial charge on any atom is 0.141 e. The Morgan fingerprint density at radius 3 is 2.47 bits per heavy atom. The molecular weight excluding hydrogens is 452 g/mol. The number of ether oxygens (including phenoxy) is 2. The zero-order chi connectivity index (χ0) is 25.1. The second kappa shape index (κ2) is 10.6. The van der Waals surface area contributed by atoms with Gasteiger partial charge in [-0.1, -0.05) is 23.4 Å². The van der Waals surface area contributed by atoms with E-state index >= 15 is 0 Å². The lowest BCUT2D eigenvalue weighted by molar-refractivity contribution is 0.0364. The molecule has 0 aliphatic carbocycles.